The summed E-state index contributed by atoms with van der Waals surface area (Å²) in [6, 6.07) is 8.89. The number of benzene rings is 1. The molecule has 0 aliphatic heterocycles. The molecule has 2 heteroatoms. The van der Waals surface area contributed by atoms with Crippen molar-refractivity contribution in [3.05, 3.63) is 35.5 Å². The quantitative estimate of drug-likeness (QED) is 0.753. The first-order valence-corrected chi connectivity index (χ1v) is 6.14. The molecule has 0 spiro atoms. The van der Waals surface area contributed by atoms with E-state index in [9.17, 15) is 0 Å². The van der Waals surface area contributed by atoms with Crippen molar-refractivity contribution in [3.63, 3.8) is 0 Å². The Labute approximate surface area is 95.8 Å². The number of rotatable bonds is 1. The highest BCUT2D eigenvalue weighted by Gasteiger charge is 2.26. The lowest BCUT2D eigenvalue weighted by molar-refractivity contribution is 0.474. The Morgan fingerprint density at radius 1 is 1.38 bits per heavy atom. The predicted molar refractivity (Wildman–Crippen MR) is 67.6 cm³/mol. The normalized spacial score (nSPS) is 24.6. The molecule has 2 aromatic rings. The van der Waals surface area contributed by atoms with Crippen LogP contribution in [0.2, 0.25) is 0 Å². The highest BCUT2D eigenvalue weighted by atomic mass is 14.8. The molecular formula is C14H18N2. The van der Waals surface area contributed by atoms with Crippen LogP contribution in [0.25, 0.3) is 10.9 Å². The fraction of sp³-hybridized carbons (Fsp3) is 0.429. The molecule has 1 aromatic carbocycles. The van der Waals surface area contributed by atoms with Gasteiger partial charge in [0.1, 0.15) is 0 Å². The first kappa shape index (κ1) is 9.91. The average Bonchev–Trinajstić information content (AvgIpc) is 2.67. The van der Waals surface area contributed by atoms with Crippen molar-refractivity contribution in [2.75, 3.05) is 0 Å². The second-order valence-corrected chi connectivity index (χ2v) is 4.87. The van der Waals surface area contributed by atoms with E-state index in [0.717, 1.165) is 12.8 Å². The van der Waals surface area contributed by atoms with E-state index in [1.54, 1.807) is 0 Å². The Morgan fingerprint density at radius 2 is 2.19 bits per heavy atom. The fourth-order valence-electron chi connectivity index (χ4n) is 2.99. The highest BCUT2D eigenvalue weighted by Crippen LogP contribution is 2.36. The second kappa shape index (κ2) is 3.63. The van der Waals surface area contributed by atoms with Gasteiger partial charge in [0.25, 0.3) is 0 Å². The fourth-order valence-corrected chi connectivity index (χ4v) is 2.99. The van der Waals surface area contributed by atoms with E-state index < -0.39 is 0 Å². The van der Waals surface area contributed by atoms with E-state index in [2.05, 4.69) is 36.2 Å². The van der Waals surface area contributed by atoms with Gasteiger partial charge >= 0.3 is 0 Å². The molecule has 0 saturated carbocycles. The van der Waals surface area contributed by atoms with Crippen LogP contribution in [0.3, 0.4) is 0 Å². The zero-order valence-corrected chi connectivity index (χ0v) is 9.66. The van der Waals surface area contributed by atoms with Crippen LogP contribution < -0.4 is 5.73 Å². The highest BCUT2D eigenvalue weighted by molar-refractivity contribution is 5.85. The van der Waals surface area contributed by atoms with Crippen molar-refractivity contribution in [1.82, 2.24) is 4.98 Å². The van der Waals surface area contributed by atoms with Gasteiger partial charge < -0.3 is 10.7 Å². The predicted octanol–water partition coefficient (Wildman–Crippen LogP) is 2.94. The van der Waals surface area contributed by atoms with Gasteiger partial charge in [-0.25, -0.2) is 0 Å². The lowest BCUT2D eigenvalue weighted by Crippen LogP contribution is -2.30. The lowest BCUT2D eigenvalue weighted by atomic mass is 9.82. The van der Waals surface area contributed by atoms with Crippen LogP contribution in [0.4, 0.5) is 0 Å². The maximum absolute atomic E-state index is 6.15. The van der Waals surface area contributed by atoms with Crippen LogP contribution in [0.5, 0.6) is 0 Å². The lowest BCUT2D eigenvalue weighted by Gasteiger charge is -2.26. The van der Waals surface area contributed by atoms with Crippen LogP contribution in [0.15, 0.2) is 24.3 Å². The maximum atomic E-state index is 6.15. The Morgan fingerprint density at radius 3 is 3.00 bits per heavy atom. The molecule has 0 fully saturated rings. The van der Waals surface area contributed by atoms with Gasteiger partial charge in [0.15, 0.2) is 0 Å². The minimum absolute atomic E-state index is 0.330. The zero-order chi connectivity index (χ0) is 11.1. The summed E-state index contributed by atoms with van der Waals surface area (Å²) in [4.78, 5) is 3.58. The summed E-state index contributed by atoms with van der Waals surface area (Å²) < 4.78 is 0. The van der Waals surface area contributed by atoms with Gasteiger partial charge in [-0.05, 0) is 30.9 Å². The largest absolute Gasteiger partial charge is 0.358 e. The van der Waals surface area contributed by atoms with Crippen molar-refractivity contribution in [3.8, 4) is 0 Å². The standard InChI is InChI=1S/C14H18N2/c1-2-9-7-10(15)8-12-11-5-3-4-6-13(11)16-14(9)12/h3-6,9-10,16H,2,7-8,15H2,1H3/t9?,10-/m1/s1. The Balaban J connectivity index is 2.22. The van der Waals surface area contributed by atoms with E-state index in [4.69, 9.17) is 5.73 Å². The average molecular weight is 214 g/mol. The number of H-pyrrole nitrogens is 1. The third kappa shape index (κ3) is 1.37. The van der Waals surface area contributed by atoms with E-state index in [-0.39, 0.29) is 0 Å². The van der Waals surface area contributed by atoms with Gasteiger partial charge in [-0.3, -0.25) is 0 Å². The Kier molecular flexibility index (Phi) is 2.25. The summed E-state index contributed by atoms with van der Waals surface area (Å²) in [6.07, 6.45) is 3.32. The van der Waals surface area contributed by atoms with Gasteiger partial charge in [0.05, 0.1) is 0 Å². The number of aromatic nitrogens is 1. The summed E-state index contributed by atoms with van der Waals surface area (Å²) in [7, 11) is 0. The molecule has 2 nitrogen and oxygen atoms in total. The number of fused-ring (bicyclic) bond motifs is 3. The second-order valence-electron chi connectivity index (χ2n) is 4.87. The number of nitrogens with one attached hydrogen (secondary N) is 1. The molecule has 0 radical (unpaired) electrons. The topological polar surface area (TPSA) is 41.8 Å². The summed E-state index contributed by atoms with van der Waals surface area (Å²) >= 11 is 0. The zero-order valence-electron chi connectivity index (χ0n) is 9.66. The summed E-state index contributed by atoms with van der Waals surface area (Å²) in [6.45, 7) is 2.25. The third-order valence-electron chi connectivity index (χ3n) is 3.80. The molecule has 3 rings (SSSR count). The van der Waals surface area contributed by atoms with Crippen LogP contribution in [0.1, 0.15) is 36.9 Å². The van der Waals surface area contributed by atoms with Gasteiger partial charge in [-0.1, -0.05) is 25.1 Å². The van der Waals surface area contributed by atoms with Crippen LogP contribution in [-0.4, -0.2) is 11.0 Å². The van der Waals surface area contributed by atoms with E-state index >= 15 is 0 Å². The van der Waals surface area contributed by atoms with Crippen LogP contribution in [-0.2, 0) is 6.42 Å². The van der Waals surface area contributed by atoms with Crippen molar-refractivity contribution >= 4 is 10.9 Å². The molecule has 1 unspecified atom stereocenters. The molecule has 0 saturated heterocycles. The van der Waals surface area contributed by atoms with Crippen LogP contribution in [0, 0.1) is 0 Å². The number of hydrogen-bond acceptors (Lipinski definition) is 1. The van der Waals surface area contributed by atoms with Gasteiger partial charge in [-0.2, -0.15) is 0 Å². The summed E-state index contributed by atoms with van der Waals surface area (Å²) in [5.74, 6) is 0.617. The molecule has 84 valence electrons. The SMILES string of the molecule is CCC1C[C@@H](N)Cc2c1[nH]c1ccccc21. The van der Waals surface area contributed by atoms with E-state index in [0.29, 0.717) is 12.0 Å². The Hall–Kier alpha value is -1.28. The Bertz CT molecular complexity index is 512. The molecule has 1 aliphatic carbocycles. The van der Waals surface area contributed by atoms with Gasteiger partial charge in [0, 0.05) is 28.6 Å². The van der Waals surface area contributed by atoms with E-state index in [1.165, 1.54) is 28.6 Å². The number of para-hydroxylation sites is 1. The minimum atomic E-state index is 0.330. The van der Waals surface area contributed by atoms with Gasteiger partial charge in [0.2, 0.25) is 0 Å². The summed E-state index contributed by atoms with van der Waals surface area (Å²) in [5.41, 5.74) is 10.3. The number of nitrogens with two attached hydrogens (primary N) is 1. The van der Waals surface area contributed by atoms with E-state index in [1.807, 2.05) is 0 Å². The number of aromatic amines is 1. The first-order valence-electron chi connectivity index (χ1n) is 6.14. The van der Waals surface area contributed by atoms with Crippen LogP contribution >= 0.6 is 0 Å². The monoisotopic (exact) mass is 214 g/mol. The third-order valence-corrected chi connectivity index (χ3v) is 3.80. The molecule has 0 bridgehead atoms. The molecule has 3 N–H and O–H groups in total. The smallest absolute Gasteiger partial charge is 0.0459 e. The molecular weight excluding hydrogens is 196 g/mol. The van der Waals surface area contributed by atoms with Crippen molar-refractivity contribution < 1.29 is 0 Å². The van der Waals surface area contributed by atoms with Crippen molar-refractivity contribution in [1.29, 1.82) is 0 Å². The van der Waals surface area contributed by atoms with Crippen molar-refractivity contribution in [2.45, 2.75) is 38.1 Å². The molecule has 1 heterocycles. The van der Waals surface area contributed by atoms with Gasteiger partial charge in [-0.15, -0.1) is 0 Å². The number of hydrogen-bond donors (Lipinski definition) is 2. The first-order chi connectivity index (χ1) is 7.79. The molecule has 16 heavy (non-hydrogen) atoms. The molecule has 0 amide bonds. The molecule has 2 atom stereocenters. The van der Waals surface area contributed by atoms with Crippen molar-refractivity contribution in [2.24, 2.45) is 5.73 Å². The molecule has 1 aromatic heterocycles. The maximum Gasteiger partial charge on any atom is 0.0459 e. The minimum Gasteiger partial charge on any atom is -0.358 e. The molecule has 1 aliphatic rings. The summed E-state index contributed by atoms with van der Waals surface area (Å²) in [5, 5.41) is 1.37.